The molecule has 3 aromatic carbocycles. The molecule has 1 nitrogen and oxygen atoms in total. The van der Waals surface area contributed by atoms with Gasteiger partial charge in [-0.1, -0.05) is 60.7 Å². The molecule has 0 amide bonds. The summed E-state index contributed by atoms with van der Waals surface area (Å²) in [6.45, 7) is 0. The summed E-state index contributed by atoms with van der Waals surface area (Å²) in [7, 11) is 0. The predicted molar refractivity (Wildman–Crippen MR) is 84.7 cm³/mol. The Morgan fingerprint density at radius 3 is 2.48 bits per heavy atom. The van der Waals surface area contributed by atoms with Crippen LogP contribution in [0.15, 0.2) is 66.7 Å². The molecule has 3 aromatic rings. The maximum Gasteiger partial charge on any atom is 0.141 e. The van der Waals surface area contributed by atoms with E-state index < -0.39 is 0 Å². The van der Waals surface area contributed by atoms with Crippen LogP contribution in [0.3, 0.4) is 0 Å². The summed E-state index contributed by atoms with van der Waals surface area (Å²) in [6, 6.07) is 23.7. The lowest BCUT2D eigenvalue weighted by atomic mass is 9.64. The molecule has 0 unspecified atom stereocenters. The largest absolute Gasteiger partial charge is 0.482 e. The predicted octanol–water partition coefficient (Wildman–Crippen LogP) is 5.01. The smallest absolute Gasteiger partial charge is 0.141 e. The molecular formula is C20H16O. The summed E-state index contributed by atoms with van der Waals surface area (Å²) >= 11 is 0. The highest BCUT2D eigenvalue weighted by Gasteiger charge is 2.56. The van der Waals surface area contributed by atoms with Crippen LogP contribution in [0, 0.1) is 0 Å². The van der Waals surface area contributed by atoms with Crippen molar-refractivity contribution < 1.29 is 4.74 Å². The van der Waals surface area contributed by atoms with Gasteiger partial charge in [-0.25, -0.2) is 0 Å². The monoisotopic (exact) mass is 272 g/mol. The van der Waals surface area contributed by atoms with Gasteiger partial charge in [0.2, 0.25) is 0 Å². The zero-order valence-electron chi connectivity index (χ0n) is 11.8. The Hall–Kier alpha value is -2.28. The van der Waals surface area contributed by atoms with Gasteiger partial charge in [-0.15, -0.1) is 0 Å². The molecule has 21 heavy (non-hydrogen) atoms. The molecule has 102 valence electrons. The third-order valence-corrected chi connectivity index (χ3v) is 5.20. The molecule has 5 rings (SSSR count). The highest BCUT2D eigenvalue weighted by molar-refractivity contribution is 5.89. The van der Waals surface area contributed by atoms with Gasteiger partial charge >= 0.3 is 0 Å². The number of rotatable bonds is 1. The molecule has 0 bridgehead atoms. The Morgan fingerprint density at radius 1 is 0.857 bits per heavy atom. The molecule has 2 aliphatic rings. The van der Waals surface area contributed by atoms with Crippen molar-refractivity contribution in [2.45, 2.75) is 24.4 Å². The van der Waals surface area contributed by atoms with Crippen LogP contribution in [0.1, 0.15) is 29.9 Å². The van der Waals surface area contributed by atoms with Gasteiger partial charge in [0.15, 0.2) is 0 Å². The minimum atomic E-state index is -0.117. The fourth-order valence-corrected chi connectivity index (χ4v) is 4.10. The lowest BCUT2D eigenvalue weighted by molar-refractivity contribution is -0.00969. The van der Waals surface area contributed by atoms with Crippen molar-refractivity contribution >= 4 is 10.8 Å². The van der Waals surface area contributed by atoms with Crippen LogP contribution < -0.4 is 4.74 Å². The molecule has 0 N–H and O–H groups in total. The minimum absolute atomic E-state index is 0.117. The number of ether oxygens (including phenoxy) is 1. The minimum Gasteiger partial charge on any atom is -0.482 e. The van der Waals surface area contributed by atoms with Crippen molar-refractivity contribution in [1.29, 1.82) is 0 Å². The lowest BCUT2D eigenvalue weighted by Crippen LogP contribution is -2.43. The van der Waals surface area contributed by atoms with E-state index in [-0.39, 0.29) is 5.60 Å². The first-order valence-electron chi connectivity index (χ1n) is 7.65. The van der Waals surface area contributed by atoms with Crippen LogP contribution in [-0.4, -0.2) is 0 Å². The molecule has 1 heterocycles. The molecule has 0 radical (unpaired) electrons. The number of benzene rings is 3. The fraction of sp³-hybridized carbons (Fsp3) is 0.200. The van der Waals surface area contributed by atoms with E-state index in [0.29, 0.717) is 5.92 Å². The normalized spacial score (nSPS) is 25.8. The summed E-state index contributed by atoms with van der Waals surface area (Å²) in [5, 5.41) is 2.67. The summed E-state index contributed by atoms with van der Waals surface area (Å²) in [5.41, 5.74) is 2.62. The van der Waals surface area contributed by atoms with Crippen molar-refractivity contribution in [3.05, 3.63) is 77.9 Å². The van der Waals surface area contributed by atoms with E-state index in [2.05, 4.69) is 66.7 Å². The molecule has 0 saturated heterocycles. The van der Waals surface area contributed by atoms with E-state index in [4.69, 9.17) is 4.74 Å². The van der Waals surface area contributed by atoms with Crippen molar-refractivity contribution in [3.8, 4) is 5.75 Å². The number of hydrogen-bond donors (Lipinski definition) is 0. The Bertz CT molecular complexity index is 837. The molecule has 1 saturated carbocycles. The summed E-state index contributed by atoms with van der Waals surface area (Å²) in [4.78, 5) is 0. The first kappa shape index (κ1) is 11.4. The van der Waals surface area contributed by atoms with E-state index in [9.17, 15) is 0 Å². The van der Waals surface area contributed by atoms with Crippen LogP contribution >= 0.6 is 0 Å². The first-order valence-corrected chi connectivity index (χ1v) is 7.65. The third-order valence-electron chi connectivity index (χ3n) is 5.20. The van der Waals surface area contributed by atoms with Gasteiger partial charge in [0.1, 0.15) is 11.4 Å². The van der Waals surface area contributed by atoms with Gasteiger partial charge in [-0.05, 0) is 35.2 Å². The van der Waals surface area contributed by atoms with Crippen LogP contribution in [0.2, 0.25) is 0 Å². The Morgan fingerprint density at radius 2 is 1.67 bits per heavy atom. The number of fused-ring (bicyclic) bond motifs is 5. The topological polar surface area (TPSA) is 9.23 Å². The Labute approximate surface area is 124 Å². The van der Waals surface area contributed by atoms with Crippen molar-refractivity contribution in [3.63, 3.8) is 0 Å². The molecule has 0 aromatic heterocycles. The maximum absolute atomic E-state index is 6.49. The van der Waals surface area contributed by atoms with Gasteiger partial charge in [0.05, 0.1) is 0 Å². The molecule has 1 fully saturated rings. The van der Waals surface area contributed by atoms with E-state index >= 15 is 0 Å². The van der Waals surface area contributed by atoms with Crippen LogP contribution in [0.4, 0.5) is 0 Å². The van der Waals surface area contributed by atoms with Gasteiger partial charge in [0.25, 0.3) is 0 Å². The maximum atomic E-state index is 6.49. The van der Waals surface area contributed by atoms with Gasteiger partial charge in [-0.3, -0.25) is 0 Å². The van der Waals surface area contributed by atoms with Crippen molar-refractivity contribution in [1.82, 2.24) is 0 Å². The molecule has 2 atom stereocenters. The van der Waals surface area contributed by atoms with Gasteiger partial charge < -0.3 is 4.74 Å². The average Bonchev–Trinajstić information content (AvgIpc) is 2.76. The second-order valence-electron chi connectivity index (χ2n) is 6.15. The molecule has 1 aliphatic carbocycles. The summed E-state index contributed by atoms with van der Waals surface area (Å²) in [5.74, 6) is 1.58. The quantitative estimate of drug-likeness (QED) is 0.605. The number of hydrogen-bond acceptors (Lipinski definition) is 1. The summed E-state index contributed by atoms with van der Waals surface area (Å²) < 4.78 is 6.49. The highest BCUT2D eigenvalue weighted by Crippen LogP contribution is 2.63. The van der Waals surface area contributed by atoms with Gasteiger partial charge in [0, 0.05) is 11.5 Å². The van der Waals surface area contributed by atoms with Crippen LogP contribution in [0.25, 0.3) is 10.8 Å². The van der Waals surface area contributed by atoms with Crippen LogP contribution in [0.5, 0.6) is 5.75 Å². The second kappa shape index (κ2) is 3.88. The standard InChI is InChI=1S/C20H16O/c1-2-7-15(8-3-1)20-13-12-17(20)19-16-9-5-4-6-14(16)10-11-18(19)21-20/h1-11,17H,12-13H2/t17-,20+/m1/s1. The van der Waals surface area contributed by atoms with E-state index in [1.54, 1.807) is 0 Å². The highest BCUT2D eigenvalue weighted by atomic mass is 16.5. The molecular weight excluding hydrogens is 256 g/mol. The zero-order chi connectivity index (χ0) is 13.9. The molecule has 0 spiro atoms. The van der Waals surface area contributed by atoms with E-state index in [1.165, 1.54) is 28.3 Å². The van der Waals surface area contributed by atoms with E-state index in [1.807, 2.05) is 0 Å². The second-order valence-corrected chi connectivity index (χ2v) is 6.15. The molecule has 1 aliphatic heterocycles. The summed E-state index contributed by atoms with van der Waals surface area (Å²) in [6.07, 6.45) is 2.33. The fourth-order valence-electron chi connectivity index (χ4n) is 4.10. The van der Waals surface area contributed by atoms with E-state index in [0.717, 1.165) is 12.2 Å². The average molecular weight is 272 g/mol. The SMILES string of the molecule is c1ccc([C@@]23CC[C@@H]2c2c(ccc4ccccc24)O3)cc1. The van der Waals surface area contributed by atoms with Crippen molar-refractivity contribution in [2.24, 2.45) is 0 Å². The lowest BCUT2D eigenvalue weighted by Gasteiger charge is -2.44. The Kier molecular flexibility index (Phi) is 2.11. The third kappa shape index (κ3) is 1.36. The van der Waals surface area contributed by atoms with Crippen molar-refractivity contribution in [2.75, 3.05) is 0 Å². The zero-order valence-corrected chi connectivity index (χ0v) is 11.8. The molecule has 1 heteroatoms. The van der Waals surface area contributed by atoms with Gasteiger partial charge in [-0.2, -0.15) is 0 Å². The Balaban J connectivity index is 1.74. The first-order chi connectivity index (χ1) is 10.4. The van der Waals surface area contributed by atoms with Crippen LogP contribution in [-0.2, 0) is 5.60 Å².